The number of hydrogen-bond donors (Lipinski definition) is 2. The Morgan fingerprint density at radius 1 is 0.684 bits per heavy atom. The number of urea groups is 1. The van der Waals surface area contributed by atoms with Gasteiger partial charge < -0.3 is 5.32 Å². The number of amides is 3. The van der Waals surface area contributed by atoms with E-state index in [1.807, 2.05) is 0 Å². The maximum Gasteiger partial charge on any atom is 0.325 e. The van der Waals surface area contributed by atoms with Crippen LogP contribution in [0.4, 0.5) is 4.79 Å². The summed E-state index contributed by atoms with van der Waals surface area (Å²) < 4.78 is 0. The number of halogens is 1. The molecule has 0 aromatic carbocycles. The van der Waals surface area contributed by atoms with Gasteiger partial charge in [0.2, 0.25) is 0 Å². The van der Waals surface area contributed by atoms with E-state index in [-0.39, 0.29) is 24.3 Å². The normalized spacial score (nSPS) is 20.1. The standard InChI is InChI=1S/C32H59N3O2.ClH/c1-2-3-4-5-6-7-8-9-10-11-12-13-14-15-16-23-28-33-30(37)35-29(36)31(24-19-17-20-25-31)34-32(35)26-21-18-22-27-32;/h34H,2-28H2,1H3,(H,33,37);1H. The third kappa shape index (κ3) is 9.98. The molecule has 0 aromatic rings. The molecule has 2 N–H and O–H groups in total. The molecule has 1 saturated heterocycles. The molecule has 2 spiro atoms. The van der Waals surface area contributed by atoms with Crippen LogP contribution in [0.2, 0.25) is 0 Å². The molecule has 3 amide bonds. The highest BCUT2D eigenvalue weighted by Gasteiger charge is 2.60. The van der Waals surface area contributed by atoms with Crippen LogP contribution in [-0.2, 0) is 4.79 Å². The number of rotatable bonds is 17. The summed E-state index contributed by atoms with van der Waals surface area (Å²) in [4.78, 5) is 28.5. The monoisotopic (exact) mass is 553 g/mol. The number of carbonyl (C=O) groups excluding carboxylic acids is 2. The van der Waals surface area contributed by atoms with Gasteiger partial charge in [0.05, 0.1) is 0 Å². The third-order valence-electron chi connectivity index (χ3n) is 9.41. The number of carbonyl (C=O) groups is 2. The first-order chi connectivity index (χ1) is 18.1. The fourth-order valence-corrected chi connectivity index (χ4v) is 7.18. The van der Waals surface area contributed by atoms with E-state index in [0.29, 0.717) is 6.54 Å². The summed E-state index contributed by atoms with van der Waals surface area (Å²) in [6.07, 6.45) is 32.0. The number of unbranched alkanes of at least 4 members (excludes halogenated alkanes) is 15. The van der Waals surface area contributed by atoms with Crippen molar-refractivity contribution in [2.45, 2.75) is 185 Å². The molecule has 1 heterocycles. The molecule has 222 valence electrons. The van der Waals surface area contributed by atoms with Gasteiger partial charge >= 0.3 is 6.03 Å². The first-order valence-corrected chi connectivity index (χ1v) is 16.6. The molecule has 0 aromatic heterocycles. The zero-order chi connectivity index (χ0) is 26.2. The van der Waals surface area contributed by atoms with Gasteiger partial charge in [-0.2, -0.15) is 0 Å². The maximum absolute atomic E-state index is 13.6. The van der Waals surface area contributed by atoms with Gasteiger partial charge in [0, 0.05) is 6.54 Å². The Kier molecular flexibility index (Phi) is 16.3. The van der Waals surface area contributed by atoms with Crippen molar-refractivity contribution < 1.29 is 9.59 Å². The highest BCUT2D eigenvalue weighted by atomic mass is 35.5. The summed E-state index contributed by atoms with van der Waals surface area (Å²) in [7, 11) is 0. The Morgan fingerprint density at radius 3 is 1.58 bits per heavy atom. The third-order valence-corrected chi connectivity index (χ3v) is 9.41. The number of hydrogen-bond acceptors (Lipinski definition) is 3. The Balaban J connectivity index is 0.00000507. The lowest BCUT2D eigenvalue weighted by molar-refractivity contribution is -0.133. The molecule has 1 aliphatic heterocycles. The first kappa shape index (κ1) is 33.4. The minimum absolute atomic E-state index is 0. The second-order valence-electron chi connectivity index (χ2n) is 12.5. The van der Waals surface area contributed by atoms with Gasteiger partial charge in [-0.15, -0.1) is 12.4 Å². The lowest BCUT2D eigenvalue weighted by atomic mass is 9.81. The molecule has 3 rings (SSSR count). The van der Waals surface area contributed by atoms with E-state index >= 15 is 0 Å². The lowest BCUT2D eigenvalue weighted by Crippen LogP contribution is -2.59. The van der Waals surface area contributed by atoms with Gasteiger partial charge in [-0.3, -0.25) is 10.1 Å². The van der Waals surface area contributed by atoms with E-state index in [9.17, 15) is 9.59 Å². The zero-order valence-electron chi connectivity index (χ0n) is 24.8. The summed E-state index contributed by atoms with van der Waals surface area (Å²) >= 11 is 0. The van der Waals surface area contributed by atoms with E-state index in [4.69, 9.17) is 0 Å². The van der Waals surface area contributed by atoms with Crippen LogP contribution in [0.1, 0.15) is 174 Å². The van der Waals surface area contributed by atoms with Gasteiger partial charge in [0.25, 0.3) is 5.91 Å². The van der Waals surface area contributed by atoms with Crippen molar-refractivity contribution in [3.8, 4) is 0 Å². The second kappa shape index (κ2) is 18.5. The molecular weight excluding hydrogens is 494 g/mol. The largest absolute Gasteiger partial charge is 0.338 e. The van der Waals surface area contributed by atoms with Crippen LogP contribution in [-0.4, -0.2) is 34.6 Å². The van der Waals surface area contributed by atoms with Gasteiger partial charge in [-0.05, 0) is 44.9 Å². The minimum atomic E-state index is -0.485. The number of nitrogens with one attached hydrogen (secondary N) is 2. The van der Waals surface area contributed by atoms with Crippen LogP contribution in [0.25, 0.3) is 0 Å². The SMILES string of the molecule is CCCCCCCCCCCCCCCCCCNC(=O)N1C(=O)C2(CCCCC2)NC12CCCCC2.Cl. The summed E-state index contributed by atoms with van der Waals surface area (Å²) in [5.74, 6) is 0.0542. The molecular formula is C32H60ClN3O2. The summed E-state index contributed by atoms with van der Waals surface area (Å²) in [5.41, 5.74) is -0.924. The van der Waals surface area contributed by atoms with Crippen LogP contribution in [0.3, 0.4) is 0 Å². The smallest absolute Gasteiger partial charge is 0.325 e. The molecule has 3 aliphatic rings. The van der Waals surface area contributed by atoms with Gasteiger partial charge in [0.15, 0.2) is 0 Å². The quantitative estimate of drug-likeness (QED) is 0.176. The van der Waals surface area contributed by atoms with Crippen LogP contribution in [0.5, 0.6) is 0 Å². The Labute approximate surface area is 240 Å². The summed E-state index contributed by atoms with van der Waals surface area (Å²) in [6, 6.07) is -0.150. The van der Waals surface area contributed by atoms with Crippen LogP contribution < -0.4 is 10.6 Å². The molecule has 2 aliphatic carbocycles. The van der Waals surface area contributed by atoms with Crippen molar-refractivity contribution in [2.24, 2.45) is 0 Å². The Bertz CT molecular complexity index is 659. The van der Waals surface area contributed by atoms with Crippen LogP contribution in [0.15, 0.2) is 0 Å². The topological polar surface area (TPSA) is 61.4 Å². The van der Waals surface area contributed by atoms with Crippen molar-refractivity contribution in [2.75, 3.05) is 6.54 Å². The van der Waals surface area contributed by atoms with Gasteiger partial charge in [-0.25, -0.2) is 9.69 Å². The zero-order valence-corrected chi connectivity index (χ0v) is 25.6. The van der Waals surface area contributed by atoms with Gasteiger partial charge in [0.1, 0.15) is 11.2 Å². The van der Waals surface area contributed by atoms with E-state index in [1.54, 1.807) is 4.90 Å². The molecule has 3 fully saturated rings. The highest BCUT2D eigenvalue weighted by Crippen LogP contribution is 2.44. The molecule has 6 heteroatoms. The highest BCUT2D eigenvalue weighted by molar-refractivity contribution is 6.02. The van der Waals surface area contributed by atoms with Crippen LogP contribution >= 0.6 is 12.4 Å². The van der Waals surface area contributed by atoms with Gasteiger partial charge in [-0.1, -0.05) is 129 Å². The fraction of sp³-hybridized carbons (Fsp3) is 0.938. The van der Waals surface area contributed by atoms with Crippen molar-refractivity contribution >= 4 is 24.3 Å². The first-order valence-electron chi connectivity index (χ1n) is 16.6. The number of nitrogens with zero attached hydrogens (tertiary/aromatic N) is 1. The minimum Gasteiger partial charge on any atom is -0.338 e. The van der Waals surface area contributed by atoms with E-state index in [0.717, 1.165) is 57.8 Å². The number of imide groups is 1. The Hall–Kier alpha value is -0.810. The van der Waals surface area contributed by atoms with Crippen molar-refractivity contribution in [1.29, 1.82) is 0 Å². The van der Waals surface area contributed by atoms with Crippen molar-refractivity contribution in [3.05, 3.63) is 0 Å². The molecule has 0 atom stereocenters. The molecule has 0 bridgehead atoms. The van der Waals surface area contributed by atoms with E-state index < -0.39 is 11.2 Å². The van der Waals surface area contributed by atoms with E-state index in [1.165, 1.54) is 109 Å². The Morgan fingerprint density at radius 2 is 1.11 bits per heavy atom. The van der Waals surface area contributed by atoms with E-state index in [2.05, 4.69) is 17.6 Å². The maximum atomic E-state index is 13.6. The summed E-state index contributed by atoms with van der Waals surface area (Å²) in [5, 5.41) is 6.90. The molecule has 38 heavy (non-hydrogen) atoms. The molecule has 0 unspecified atom stereocenters. The molecule has 0 radical (unpaired) electrons. The fourth-order valence-electron chi connectivity index (χ4n) is 7.18. The predicted octanol–water partition coefficient (Wildman–Crippen LogP) is 9.17. The average molecular weight is 554 g/mol. The van der Waals surface area contributed by atoms with Crippen molar-refractivity contribution in [1.82, 2.24) is 15.5 Å². The predicted molar refractivity (Wildman–Crippen MR) is 162 cm³/mol. The van der Waals surface area contributed by atoms with Crippen LogP contribution in [0, 0.1) is 0 Å². The van der Waals surface area contributed by atoms with Crippen molar-refractivity contribution in [3.63, 3.8) is 0 Å². The molecule has 5 nitrogen and oxygen atoms in total. The summed E-state index contributed by atoms with van der Waals surface area (Å²) in [6.45, 7) is 2.97. The lowest BCUT2D eigenvalue weighted by Gasteiger charge is -2.40. The average Bonchev–Trinajstić information content (AvgIpc) is 3.12. The molecule has 2 saturated carbocycles. The second-order valence-corrected chi connectivity index (χ2v) is 12.5.